The van der Waals surface area contributed by atoms with Gasteiger partial charge in [0.05, 0.1) is 6.61 Å². The van der Waals surface area contributed by atoms with Gasteiger partial charge in [-0.25, -0.2) is 4.79 Å². The molecule has 0 saturated carbocycles. The summed E-state index contributed by atoms with van der Waals surface area (Å²) in [6.45, 7) is 6.12. The van der Waals surface area contributed by atoms with Crippen LogP contribution in [0.4, 0.5) is 5.69 Å². The van der Waals surface area contributed by atoms with Crippen LogP contribution in [0.3, 0.4) is 0 Å². The summed E-state index contributed by atoms with van der Waals surface area (Å²) in [5.74, 6) is -0.135. The number of fused-ring (bicyclic) bond motifs is 1. The third-order valence-corrected chi connectivity index (χ3v) is 3.88. The number of hydrogen-bond donors (Lipinski definition) is 1. The van der Waals surface area contributed by atoms with Crippen molar-refractivity contribution in [1.82, 2.24) is 5.32 Å². The number of ether oxygens (including phenoxy) is 1. The SMILES string of the molecule is Bc1c(N2CCNCC2)ccc2oc(C(=O)OCC)cc12. The normalized spacial score (nSPS) is 15.4. The molecule has 1 fully saturated rings. The molecule has 6 heteroatoms. The average Bonchev–Trinajstić information content (AvgIpc) is 2.94. The number of esters is 1. The Kier molecular flexibility index (Phi) is 3.88. The first-order valence-corrected chi connectivity index (χ1v) is 7.36. The highest BCUT2D eigenvalue weighted by molar-refractivity contribution is 6.42. The summed E-state index contributed by atoms with van der Waals surface area (Å²) < 4.78 is 10.6. The number of nitrogens with zero attached hydrogens (tertiary/aromatic N) is 1. The molecule has 3 rings (SSSR count). The highest BCUT2D eigenvalue weighted by Crippen LogP contribution is 2.23. The quantitative estimate of drug-likeness (QED) is 0.649. The van der Waals surface area contributed by atoms with Crippen molar-refractivity contribution in [1.29, 1.82) is 0 Å². The second-order valence-corrected chi connectivity index (χ2v) is 5.19. The zero-order valence-corrected chi connectivity index (χ0v) is 12.4. The van der Waals surface area contributed by atoms with Gasteiger partial charge in [0.1, 0.15) is 13.4 Å². The minimum absolute atomic E-state index is 0.271. The number of hydrogen-bond acceptors (Lipinski definition) is 5. The van der Waals surface area contributed by atoms with Crippen molar-refractivity contribution >= 4 is 35.9 Å². The fourth-order valence-electron chi connectivity index (χ4n) is 2.79. The predicted molar refractivity (Wildman–Crippen MR) is 85.4 cm³/mol. The lowest BCUT2D eigenvalue weighted by Gasteiger charge is -2.31. The van der Waals surface area contributed by atoms with Crippen LogP contribution in [-0.2, 0) is 4.74 Å². The van der Waals surface area contributed by atoms with Gasteiger partial charge in [-0.15, -0.1) is 0 Å². The smallest absolute Gasteiger partial charge is 0.374 e. The molecule has 0 spiro atoms. The van der Waals surface area contributed by atoms with Gasteiger partial charge in [-0.1, -0.05) is 5.46 Å². The summed E-state index contributed by atoms with van der Waals surface area (Å²) in [6.07, 6.45) is 0. The standard InChI is InChI=1S/C15H19BN2O3/c1-2-20-15(19)13-9-10-12(21-13)4-3-11(14(10)16)18-7-5-17-6-8-18/h3-4,9,17H,2,5-8,16H2,1H3. The molecule has 1 aliphatic heterocycles. The first kappa shape index (κ1) is 14.0. The first-order chi connectivity index (χ1) is 10.2. The molecule has 1 aliphatic rings. The number of benzene rings is 1. The number of carbonyl (C=O) groups is 1. The maximum absolute atomic E-state index is 11.8. The maximum Gasteiger partial charge on any atom is 0.374 e. The van der Waals surface area contributed by atoms with Gasteiger partial charge < -0.3 is 19.4 Å². The Morgan fingerprint density at radius 2 is 2.19 bits per heavy atom. The molecule has 2 heterocycles. The third-order valence-electron chi connectivity index (χ3n) is 3.88. The van der Waals surface area contributed by atoms with Crippen LogP contribution in [0.25, 0.3) is 11.0 Å². The molecule has 1 aromatic carbocycles. The summed E-state index contributed by atoms with van der Waals surface area (Å²) in [7, 11) is 2.07. The summed E-state index contributed by atoms with van der Waals surface area (Å²) >= 11 is 0. The van der Waals surface area contributed by atoms with Crippen LogP contribution < -0.4 is 15.7 Å². The number of rotatable bonds is 3. The van der Waals surface area contributed by atoms with E-state index >= 15 is 0 Å². The van der Waals surface area contributed by atoms with Gasteiger partial charge in [-0.05, 0) is 25.1 Å². The second kappa shape index (κ2) is 5.81. The van der Waals surface area contributed by atoms with E-state index in [0.29, 0.717) is 6.61 Å². The van der Waals surface area contributed by atoms with Crippen LogP contribution in [0.15, 0.2) is 22.6 Å². The Bertz CT molecular complexity index is 662. The minimum Gasteiger partial charge on any atom is -0.460 e. The van der Waals surface area contributed by atoms with Crippen LogP contribution in [0.2, 0.25) is 0 Å². The van der Waals surface area contributed by atoms with Gasteiger partial charge >= 0.3 is 5.97 Å². The Balaban J connectivity index is 1.97. The molecular formula is C15H19BN2O3. The molecule has 1 N–H and O–H groups in total. The molecule has 1 aromatic heterocycles. The summed E-state index contributed by atoms with van der Waals surface area (Å²) in [4.78, 5) is 14.1. The maximum atomic E-state index is 11.8. The lowest BCUT2D eigenvalue weighted by atomic mass is 9.89. The van der Waals surface area contributed by atoms with E-state index in [-0.39, 0.29) is 5.76 Å². The number of nitrogens with one attached hydrogen (secondary N) is 1. The Morgan fingerprint density at radius 3 is 2.90 bits per heavy atom. The molecule has 2 aromatic rings. The molecule has 1 saturated heterocycles. The fourth-order valence-corrected chi connectivity index (χ4v) is 2.79. The molecule has 0 atom stereocenters. The monoisotopic (exact) mass is 286 g/mol. The van der Waals surface area contributed by atoms with E-state index in [1.165, 1.54) is 5.69 Å². The van der Waals surface area contributed by atoms with Crippen molar-refractivity contribution in [2.24, 2.45) is 0 Å². The number of furan rings is 1. The average molecular weight is 286 g/mol. The molecule has 0 amide bonds. The molecule has 0 radical (unpaired) electrons. The van der Waals surface area contributed by atoms with Crippen LogP contribution in [-0.4, -0.2) is 46.6 Å². The highest BCUT2D eigenvalue weighted by atomic mass is 16.5. The second-order valence-electron chi connectivity index (χ2n) is 5.19. The molecular weight excluding hydrogens is 267 g/mol. The molecule has 5 nitrogen and oxygen atoms in total. The predicted octanol–water partition coefficient (Wildman–Crippen LogP) is 0.277. The lowest BCUT2D eigenvalue weighted by molar-refractivity contribution is 0.0492. The fraction of sp³-hybridized carbons (Fsp3) is 0.400. The van der Waals surface area contributed by atoms with Crippen molar-refractivity contribution in [2.45, 2.75) is 6.92 Å². The Labute approximate surface area is 124 Å². The van der Waals surface area contributed by atoms with E-state index in [2.05, 4.69) is 24.1 Å². The highest BCUT2D eigenvalue weighted by Gasteiger charge is 2.18. The zero-order chi connectivity index (χ0) is 14.8. The zero-order valence-electron chi connectivity index (χ0n) is 12.4. The van der Waals surface area contributed by atoms with Gasteiger partial charge in [0.25, 0.3) is 0 Å². The van der Waals surface area contributed by atoms with Gasteiger partial charge in [-0.2, -0.15) is 0 Å². The van der Waals surface area contributed by atoms with E-state index in [9.17, 15) is 4.79 Å². The van der Waals surface area contributed by atoms with Gasteiger partial charge in [0.15, 0.2) is 0 Å². The minimum atomic E-state index is -0.406. The van der Waals surface area contributed by atoms with Crippen LogP contribution in [0.5, 0.6) is 0 Å². The summed E-state index contributed by atoms with van der Waals surface area (Å²) in [5.41, 5.74) is 3.09. The summed E-state index contributed by atoms with van der Waals surface area (Å²) in [5, 5.41) is 4.33. The van der Waals surface area contributed by atoms with E-state index < -0.39 is 5.97 Å². The van der Waals surface area contributed by atoms with E-state index in [1.807, 2.05) is 6.07 Å². The van der Waals surface area contributed by atoms with Gasteiger partial charge in [0.2, 0.25) is 5.76 Å². The largest absolute Gasteiger partial charge is 0.460 e. The van der Waals surface area contributed by atoms with Crippen molar-refractivity contribution in [3.05, 3.63) is 24.0 Å². The van der Waals surface area contributed by atoms with Crippen LogP contribution >= 0.6 is 0 Å². The van der Waals surface area contributed by atoms with E-state index in [1.54, 1.807) is 13.0 Å². The van der Waals surface area contributed by atoms with E-state index in [0.717, 1.165) is 42.6 Å². The Morgan fingerprint density at radius 1 is 1.43 bits per heavy atom. The number of carbonyl (C=O) groups excluding carboxylic acids is 1. The molecule has 0 unspecified atom stereocenters. The third kappa shape index (κ3) is 2.63. The number of anilines is 1. The number of piperazine rings is 1. The molecule has 0 aliphatic carbocycles. The molecule has 110 valence electrons. The van der Waals surface area contributed by atoms with Gasteiger partial charge in [0, 0.05) is 37.3 Å². The van der Waals surface area contributed by atoms with Crippen molar-refractivity contribution in [2.75, 3.05) is 37.7 Å². The van der Waals surface area contributed by atoms with Crippen molar-refractivity contribution in [3.8, 4) is 0 Å². The van der Waals surface area contributed by atoms with Crippen LogP contribution in [0.1, 0.15) is 17.5 Å². The van der Waals surface area contributed by atoms with Crippen molar-refractivity contribution < 1.29 is 13.9 Å². The van der Waals surface area contributed by atoms with Crippen LogP contribution in [0, 0.1) is 0 Å². The lowest BCUT2D eigenvalue weighted by Crippen LogP contribution is -2.45. The molecule has 21 heavy (non-hydrogen) atoms. The summed E-state index contributed by atoms with van der Waals surface area (Å²) in [6, 6.07) is 5.79. The topological polar surface area (TPSA) is 54.7 Å². The first-order valence-electron chi connectivity index (χ1n) is 7.36. The molecule has 0 bridgehead atoms. The van der Waals surface area contributed by atoms with E-state index in [4.69, 9.17) is 9.15 Å². The Hall–Kier alpha value is -1.95. The van der Waals surface area contributed by atoms with Crippen molar-refractivity contribution in [3.63, 3.8) is 0 Å². The van der Waals surface area contributed by atoms with Gasteiger partial charge in [-0.3, -0.25) is 0 Å².